The molecule has 0 spiro atoms. The standard InChI is InChI=1S/C17H12ClN3O3/c18-16(23)11-6-15(22)21(9-11)12-3-4-14-13(7-12)20-17(24-14)10-2-1-5-19-8-10/h1-5,7-8,11H,6,9H2/t11-/m0/s1. The van der Waals surface area contributed by atoms with Crippen molar-refractivity contribution in [1.82, 2.24) is 9.97 Å². The fraction of sp³-hybridized carbons (Fsp3) is 0.176. The first-order valence-corrected chi connectivity index (χ1v) is 7.80. The number of nitrogens with zero attached hydrogens (tertiary/aromatic N) is 3. The number of rotatable bonds is 3. The molecular weight excluding hydrogens is 330 g/mol. The van der Waals surface area contributed by atoms with Crippen molar-refractivity contribution in [3.05, 3.63) is 42.7 Å². The average molecular weight is 342 g/mol. The Kier molecular flexibility index (Phi) is 3.54. The van der Waals surface area contributed by atoms with Gasteiger partial charge >= 0.3 is 0 Å². The van der Waals surface area contributed by atoms with Crippen molar-refractivity contribution in [2.75, 3.05) is 11.4 Å². The van der Waals surface area contributed by atoms with Crippen LogP contribution in [0.15, 0.2) is 47.1 Å². The lowest BCUT2D eigenvalue weighted by Gasteiger charge is -2.15. The number of benzene rings is 1. The van der Waals surface area contributed by atoms with Gasteiger partial charge in [-0.3, -0.25) is 14.6 Å². The zero-order chi connectivity index (χ0) is 16.7. The van der Waals surface area contributed by atoms with Crippen LogP contribution in [-0.4, -0.2) is 27.7 Å². The minimum atomic E-state index is -0.479. The Bertz CT molecular complexity index is 939. The molecule has 120 valence electrons. The van der Waals surface area contributed by atoms with E-state index < -0.39 is 11.2 Å². The van der Waals surface area contributed by atoms with Gasteiger partial charge in [-0.05, 0) is 41.9 Å². The van der Waals surface area contributed by atoms with Crippen molar-refractivity contribution in [2.24, 2.45) is 5.92 Å². The summed E-state index contributed by atoms with van der Waals surface area (Å²) in [6.07, 6.45) is 3.49. The van der Waals surface area contributed by atoms with Crippen LogP contribution in [0.4, 0.5) is 5.69 Å². The van der Waals surface area contributed by atoms with Gasteiger partial charge in [-0.2, -0.15) is 0 Å². The van der Waals surface area contributed by atoms with Crippen LogP contribution in [0.2, 0.25) is 0 Å². The van der Waals surface area contributed by atoms with Gasteiger partial charge in [0.2, 0.25) is 17.0 Å². The molecule has 2 aromatic heterocycles. The second-order valence-corrected chi connectivity index (χ2v) is 5.99. The van der Waals surface area contributed by atoms with E-state index in [-0.39, 0.29) is 12.3 Å². The number of hydrogen-bond acceptors (Lipinski definition) is 5. The maximum atomic E-state index is 12.1. The van der Waals surface area contributed by atoms with Gasteiger partial charge in [0.05, 0.1) is 11.5 Å². The number of oxazole rings is 1. The summed E-state index contributed by atoms with van der Waals surface area (Å²) in [5, 5.41) is -0.479. The van der Waals surface area contributed by atoms with Gasteiger partial charge < -0.3 is 9.32 Å². The van der Waals surface area contributed by atoms with Gasteiger partial charge in [0.15, 0.2) is 5.58 Å². The minimum Gasteiger partial charge on any atom is -0.436 e. The fourth-order valence-electron chi connectivity index (χ4n) is 2.81. The molecule has 7 heteroatoms. The van der Waals surface area contributed by atoms with Crippen LogP contribution >= 0.6 is 11.6 Å². The minimum absolute atomic E-state index is 0.121. The summed E-state index contributed by atoms with van der Waals surface area (Å²) in [4.78, 5) is 33.5. The zero-order valence-corrected chi connectivity index (χ0v) is 13.2. The highest BCUT2D eigenvalue weighted by Gasteiger charge is 2.34. The molecule has 0 N–H and O–H groups in total. The molecule has 0 radical (unpaired) electrons. The number of carbonyl (C=O) groups is 2. The number of halogens is 1. The van der Waals surface area contributed by atoms with Gasteiger partial charge in [0.1, 0.15) is 5.52 Å². The highest BCUT2D eigenvalue weighted by atomic mass is 35.5. The molecule has 1 aliphatic heterocycles. The molecule has 1 saturated heterocycles. The monoisotopic (exact) mass is 341 g/mol. The Labute approximate surface area is 142 Å². The highest BCUT2D eigenvalue weighted by Crippen LogP contribution is 2.30. The van der Waals surface area contributed by atoms with E-state index in [0.29, 0.717) is 29.2 Å². The van der Waals surface area contributed by atoms with Gasteiger partial charge in [-0.1, -0.05) is 0 Å². The molecule has 0 unspecified atom stereocenters. The van der Waals surface area contributed by atoms with Crippen molar-refractivity contribution < 1.29 is 14.0 Å². The van der Waals surface area contributed by atoms with Crippen molar-refractivity contribution in [1.29, 1.82) is 0 Å². The second kappa shape index (κ2) is 5.72. The lowest BCUT2D eigenvalue weighted by Crippen LogP contribution is -2.25. The predicted octanol–water partition coefficient (Wildman–Crippen LogP) is 3.01. The maximum absolute atomic E-state index is 12.1. The molecule has 1 aromatic carbocycles. The lowest BCUT2D eigenvalue weighted by atomic mass is 10.1. The third kappa shape index (κ3) is 2.55. The summed E-state index contributed by atoms with van der Waals surface area (Å²) in [6.45, 7) is 0.292. The lowest BCUT2D eigenvalue weighted by molar-refractivity contribution is -0.120. The summed E-state index contributed by atoms with van der Waals surface area (Å²) in [5.74, 6) is -0.112. The molecule has 0 aliphatic carbocycles. The number of pyridine rings is 1. The Hall–Kier alpha value is -2.73. The van der Waals surface area contributed by atoms with Gasteiger partial charge in [0, 0.05) is 31.0 Å². The number of amides is 1. The van der Waals surface area contributed by atoms with E-state index in [1.807, 2.05) is 12.1 Å². The summed E-state index contributed by atoms with van der Waals surface area (Å²) in [6, 6.07) is 8.99. The molecular formula is C17H12ClN3O3. The number of hydrogen-bond donors (Lipinski definition) is 0. The van der Waals surface area contributed by atoms with E-state index in [4.69, 9.17) is 16.0 Å². The third-order valence-electron chi connectivity index (χ3n) is 4.04. The molecule has 0 bridgehead atoms. The molecule has 1 fully saturated rings. The molecule has 24 heavy (non-hydrogen) atoms. The van der Waals surface area contributed by atoms with Crippen molar-refractivity contribution >= 4 is 39.5 Å². The summed E-state index contributed by atoms with van der Waals surface area (Å²) in [5.41, 5.74) is 2.72. The molecule has 4 rings (SSSR count). The van der Waals surface area contributed by atoms with E-state index in [2.05, 4.69) is 9.97 Å². The predicted molar refractivity (Wildman–Crippen MR) is 88.6 cm³/mol. The fourth-order valence-corrected chi connectivity index (χ4v) is 2.95. The average Bonchev–Trinajstić information content (AvgIpc) is 3.18. The number of aromatic nitrogens is 2. The van der Waals surface area contributed by atoms with Crippen LogP contribution in [0, 0.1) is 5.92 Å². The first-order chi connectivity index (χ1) is 11.6. The smallest absolute Gasteiger partial charge is 0.228 e. The first-order valence-electron chi connectivity index (χ1n) is 7.42. The largest absolute Gasteiger partial charge is 0.436 e. The SMILES string of the molecule is O=C(Cl)[C@H]1CC(=O)N(c2ccc3oc(-c4cccnc4)nc3c2)C1. The van der Waals surface area contributed by atoms with Crippen LogP contribution in [0.1, 0.15) is 6.42 Å². The molecule has 1 aliphatic rings. The normalized spacial score (nSPS) is 17.6. The highest BCUT2D eigenvalue weighted by molar-refractivity contribution is 6.64. The zero-order valence-electron chi connectivity index (χ0n) is 12.5. The number of fused-ring (bicyclic) bond motifs is 1. The Morgan fingerprint density at radius 1 is 1.33 bits per heavy atom. The van der Waals surface area contributed by atoms with E-state index >= 15 is 0 Å². The topological polar surface area (TPSA) is 76.3 Å². The maximum Gasteiger partial charge on any atom is 0.228 e. The Morgan fingerprint density at radius 2 is 2.21 bits per heavy atom. The summed E-state index contributed by atoms with van der Waals surface area (Å²) in [7, 11) is 0. The van der Waals surface area contributed by atoms with E-state index in [0.717, 1.165) is 5.56 Å². The molecule has 3 aromatic rings. The molecule has 1 amide bonds. The van der Waals surface area contributed by atoms with Crippen molar-refractivity contribution in [2.45, 2.75) is 6.42 Å². The molecule has 3 heterocycles. The third-order valence-corrected chi connectivity index (χ3v) is 4.35. The van der Waals surface area contributed by atoms with Crippen LogP contribution < -0.4 is 4.90 Å². The van der Waals surface area contributed by atoms with Gasteiger partial charge in [0.25, 0.3) is 0 Å². The van der Waals surface area contributed by atoms with Crippen molar-refractivity contribution in [3.8, 4) is 11.5 Å². The number of carbonyl (C=O) groups excluding carboxylic acids is 2. The molecule has 6 nitrogen and oxygen atoms in total. The van der Waals surface area contributed by atoms with Crippen LogP contribution in [0.5, 0.6) is 0 Å². The van der Waals surface area contributed by atoms with E-state index in [1.165, 1.54) is 0 Å². The van der Waals surface area contributed by atoms with Crippen LogP contribution in [0.25, 0.3) is 22.6 Å². The Morgan fingerprint density at radius 3 is 2.92 bits per heavy atom. The Balaban J connectivity index is 1.69. The molecule has 1 atom stereocenters. The second-order valence-electron chi connectivity index (χ2n) is 5.62. The summed E-state index contributed by atoms with van der Waals surface area (Å²) < 4.78 is 5.73. The van der Waals surface area contributed by atoms with Crippen LogP contribution in [0.3, 0.4) is 0 Å². The van der Waals surface area contributed by atoms with E-state index in [9.17, 15) is 9.59 Å². The van der Waals surface area contributed by atoms with Crippen molar-refractivity contribution in [3.63, 3.8) is 0 Å². The van der Waals surface area contributed by atoms with Gasteiger partial charge in [-0.25, -0.2) is 4.98 Å². The van der Waals surface area contributed by atoms with E-state index in [1.54, 1.807) is 35.5 Å². The van der Waals surface area contributed by atoms with Gasteiger partial charge in [-0.15, -0.1) is 0 Å². The molecule has 0 saturated carbocycles. The van der Waals surface area contributed by atoms with Crippen LogP contribution in [-0.2, 0) is 9.59 Å². The summed E-state index contributed by atoms with van der Waals surface area (Å²) >= 11 is 5.52. The first kappa shape index (κ1) is 14.8. The number of anilines is 1. The quantitative estimate of drug-likeness (QED) is 0.684.